The SMILES string of the molecule is CCCNC1CCCCC1Cc1cc(F)cc([N+](=O)[O-])c1. The van der Waals surface area contributed by atoms with E-state index in [0.717, 1.165) is 37.4 Å². The predicted molar refractivity (Wildman–Crippen MR) is 80.8 cm³/mol. The zero-order chi connectivity index (χ0) is 15.2. The van der Waals surface area contributed by atoms with Crippen LogP contribution in [0.15, 0.2) is 18.2 Å². The van der Waals surface area contributed by atoms with Crippen molar-refractivity contribution < 1.29 is 9.31 Å². The summed E-state index contributed by atoms with van der Waals surface area (Å²) in [4.78, 5) is 10.3. The van der Waals surface area contributed by atoms with Gasteiger partial charge in [-0.3, -0.25) is 10.1 Å². The number of nitrogens with zero attached hydrogens (tertiary/aromatic N) is 1. The summed E-state index contributed by atoms with van der Waals surface area (Å²) in [5, 5.41) is 14.4. The second-order valence-electron chi connectivity index (χ2n) is 5.88. The number of halogens is 1. The lowest BCUT2D eigenvalue weighted by atomic mass is 9.80. The van der Waals surface area contributed by atoms with Crippen LogP contribution in [0.1, 0.15) is 44.6 Å². The van der Waals surface area contributed by atoms with Crippen molar-refractivity contribution in [1.82, 2.24) is 5.32 Å². The zero-order valence-corrected chi connectivity index (χ0v) is 12.5. The molecule has 5 heteroatoms. The topological polar surface area (TPSA) is 55.2 Å². The average Bonchev–Trinajstić information content (AvgIpc) is 2.45. The van der Waals surface area contributed by atoms with Crippen molar-refractivity contribution in [2.24, 2.45) is 5.92 Å². The van der Waals surface area contributed by atoms with Gasteiger partial charge in [0.15, 0.2) is 0 Å². The maximum atomic E-state index is 13.5. The van der Waals surface area contributed by atoms with Crippen LogP contribution in [0.5, 0.6) is 0 Å². The zero-order valence-electron chi connectivity index (χ0n) is 12.5. The Morgan fingerprint density at radius 3 is 2.81 bits per heavy atom. The first kappa shape index (κ1) is 15.9. The fraction of sp³-hybridized carbons (Fsp3) is 0.625. The molecule has 116 valence electrons. The molecule has 0 heterocycles. The van der Waals surface area contributed by atoms with Crippen LogP contribution in [0.25, 0.3) is 0 Å². The first-order valence-electron chi connectivity index (χ1n) is 7.77. The van der Waals surface area contributed by atoms with Gasteiger partial charge >= 0.3 is 0 Å². The van der Waals surface area contributed by atoms with Gasteiger partial charge in [0, 0.05) is 12.1 Å². The van der Waals surface area contributed by atoms with Gasteiger partial charge in [-0.15, -0.1) is 0 Å². The number of hydrogen-bond donors (Lipinski definition) is 1. The van der Waals surface area contributed by atoms with E-state index in [0.29, 0.717) is 18.4 Å². The minimum atomic E-state index is -0.528. The number of nitrogens with one attached hydrogen (secondary N) is 1. The molecule has 1 fully saturated rings. The van der Waals surface area contributed by atoms with Crippen molar-refractivity contribution in [1.29, 1.82) is 0 Å². The number of non-ortho nitro benzene ring substituents is 1. The number of rotatable bonds is 6. The van der Waals surface area contributed by atoms with Crippen molar-refractivity contribution in [3.05, 3.63) is 39.7 Å². The Bertz CT molecular complexity index is 493. The highest BCUT2D eigenvalue weighted by Gasteiger charge is 2.25. The predicted octanol–water partition coefficient (Wildman–Crippen LogP) is 3.83. The number of hydrogen-bond acceptors (Lipinski definition) is 3. The maximum Gasteiger partial charge on any atom is 0.272 e. The molecule has 0 amide bonds. The minimum absolute atomic E-state index is 0.154. The van der Waals surface area contributed by atoms with Crippen molar-refractivity contribution in [3.8, 4) is 0 Å². The van der Waals surface area contributed by atoms with Crippen molar-refractivity contribution in [3.63, 3.8) is 0 Å². The van der Waals surface area contributed by atoms with Crippen LogP contribution in [-0.2, 0) is 6.42 Å². The molecule has 1 N–H and O–H groups in total. The smallest absolute Gasteiger partial charge is 0.272 e. The molecule has 0 saturated heterocycles. The summed E-state index contributed by atoms with van der Waals surface area (Å²) >= 11 is 0. The van der Waals surface area contributed by atoms with Gasteiger partial charge in [-0.2, -0.15) is 0 Å². The Morgan fingerprint density at radius 1 is 1.33 bits per heavy atom. The summed E-state index contributed by atoms with van der Waals surface area (Å²) in [6, 6.07) is 4.37. The van der Waals surface area contributed by atoms with E-state index >= 15 is 0 Å². The van der Waals surface area contributed by atoms with E-state index in [1.54, 1.807) is 0 Å². The summed E-state index contributed by atoms with van der Waals surface area (Å²) in [5.41, 5.74) is 0.579. The molecule has 0 spiro atoms. The molecule has 1 aliphatic rings. The van der Waals surface area contributed by atoms with Crippen LogP contribution >= 0.6 is 0 Å². The highest BCUT2D eigenvalue weighted by Crippen LogP contribution is 2.29. The molecule has 0 aromatic heterocycles. The van der Waals surface area contributed by atoms with E-state index in [1.807, 2.05) is 0 Å². The summed E-state index contributed by atoms with van der Waals surface area (Å²) in [7, 11) is 0. The Labute approximate surface area is 124 Å². The van der Waals surface area contributed by atoms with Crippen LogP contribution in [0.3, 0.4) is 0 Å². The molecule has 0 aliphatic heterocycles. The van der Waals surface area contributed by atoms with Crippen LogP contribution in [0.2, 0.25) is 0 Å². The Hall–Kier alpha value is -1.49. The Morgan fingerprint density at radius 2 is 2.10 bits per heavy atom. The van der Waals surface area contributed by atoms with Gasteiger partial charge in [0.25, 0.3) is 5.69 Å². The van der Waals surface area contributed by atoms with Gasteiger partial charge in [0.05, 0.1) is 11.0 Å². The van der Waals surface area contributed by atoms with Gasteiger partial charge in [-0.05, 0) is 49.8 Å². The molecule has 2 unspecified atom stereocenters. The van der Waals surface area contributed by atoms with Crippen molar-refractivity contribution >= 4 is 5.69 Å². The molecule has 1 aromatic rings. The molecule has 0 bridgehead atoms. The lowest BCUT2D eigenvalue weighted by Crippen LogP contribution is -2.39. The fourth-order valence-electron chi connectivity index (χ4n) is 3.21. The summed E-state index contributed by atoms with van der Waals surface area (Å²) in [6.45, 7) is 3.13. The molecule has 2 rings (SSSR count). The van der Waals surface area contributed by atoms with E-state index in [4.69, 9.17) is 0 Å². The molecule has 21 heavy (non-hydrogen) atoms. The summed E-state index contributed by atoms with van der Waals surface area (Å²) in [6.07, 6.45) is 6.45. The third kappa shape index (κ3) is 4.49. The monoisotopic (exact) mass is 294 g/mol. The standard InChI is InChI=1S/C16H23FN2O2/c1-2-7-18-16-6-4-3-5-13(16)8-12-9-14(17)11-15(10-12)19(20)21/h9-11,13,16,18H,2-8H2,1H3. The van der Waals surface area contributed by atoms with E-state index < -0.39 is 10.7 Å². The van der Waals surface area contributed by atoms with Gasteiger partial charge < -0.3 is 5.32 Å². The van der Waals surface area contributed by atoms with Gasteiger partial charge in [0.2, 0.25) is 0 Å². The molecule has 4 nitrogen and oxygen atoms in total. The largest absolute Gasteiger partial charge is 0.314 e. The number of benzene rings is 1. The quantitative estimate of drug-likeness (QED) is 0.640. The van der Waals surface area contributed by atoms with E-state index in [9.17, 15) is 14.5 Å². The average molecular weight is 294 g/mol. The molecular weight excluding hydrogens is 271 g/mol. The first-order valence-corrected chi connectivity index (χ1v) is 7.77. The van der Waals surface area contributed by atoms with Crippen molar-refractivity contribution in [2.45, 2.75) is 51.5 Å². The highest BCUT2D eigenvalue weighted by atomic mass is 19.1. The molecule has 1 aliphatic carbocycles. The molecule has 1 aromatic carbocycles. The van der Waals surface area contributed by atoms with Crippen LogP contribution < -0.4 is 5.32 Å². The first-order chi connectivity index (χ1) is 10.1. The summed E-state index contributed by atoms with van der Waals surface area (Å²) < 4.78 is 13.5. The molecular formula is C16H23FN2O2. The van der Waals surface area contributed by atoms with E-state index in [1.165, 1.54) is 25.0 Å². The number of nitro groups is 1. The fourth-order valence-corrected chi connectivity index (χ4v) is 3.21. The molecule has 2 atom stereocenters. The van der Waals surface area contributed by atoms with Gasteiger partial charge in [-0.1, -0.05) is 19.8 Å². The Kier molecular flexibility index (Phi) is 5.67. The third-order valence-electron chi connectivity index (χ3n) is 4.22. The van der Waals surface area contributed by atoms with Crippen LogP contribution in [0, 0.1) is 21.8 Å². The normalized spacial score (nSPS) is 22.2. The lowest BCUT2D eigenvalue weighted by molar-refractivity contribution is -0.385. The van der Waals surface area contributed by atoms with E-state index in [-0.39, 0.29) is 5.69 Å². The minimum Gasteiger partial charge on any atom is -0.314 e. The van der Waals surface area contributed by atoms with Crippen molar-refractivity contribution in [2.75, 3.05) is 6.54 Å². The second kappa shape index (κ2) is 7.50. The second-order valence-corrected chi connectivity index (χ2v) is 5.88. The Balaban J connectivity index is 2.09. The number of nitro benzene ring substituents is 1. The lowest BCUT2D eigenvalue weighted by Gasteiger charge is -2.32. The maximum absolute atomic E-state index is 13.5. The highest BCUT2D eigenvalue weighted by molar-refractivity contribution is 5.35. The van der Waals surface area contributed by atoms with E-state index in [2.05, 4.69) is 12.2 Å². The molecule has 1 saturated carbocycles. The van der Waals surface area contributed by atoms with Crippen LogP contribution in [-0.4, -0.2) is 17.5 Å². The molecule has 0 radical (unpaired) electrons. The van der Waals surface area contributed by atoms with Gasteiger partial charge in [0.1, 0.15) is 5.82 Å². The van der Waals surface area contributed by atoms with Crippen LogP contribution in [0.4, 0.5) is 10.1 Å². The summed E-state index contributed by atoms with van der Waals surface area (Å²) in [5.74, 6) is -0.0835. The van der Waals surface area contributed by atoms with Gasteiger partial charge in [-0.25, -0.2) is 4.39 Å². The third-order valence-corrected chi connectivity index (χ3v) is 4.22.